The maximum Gasteiger partial charge on any atom is 0.252 e. The molecule has 1 aromatic rings. The van der Waals surface area contributed by atoms with Crippen molar-refractivity contribution < 1.29 is 9.90 Å². The Morgan fingerprint density at radius 3 is 2.78 bits per heavy atom. The number of hydrogen-bond acceptors (Lipinski definition) is 2. The van der Waals surface area contributed by atoms with Crippen molar-refractivity contribution in [2.75, 3.05) is 13.2 Å². The van der Waals surface area contributed by atoms with E-state index >= 15 is 0 Å². The highest BCUT2D eigenvalue weighted by Gasteiger charge is 2.12. The molecule has 18 heavy (non-hydrogen) atoms. The lowest BCUT2D eigenvalue weighted by Gasteiger charge is -2.14. The first kappa shape index (κ1) is 15.2. The molecule has 1 unspecified atom stereocenters. The van der Waals surface area contributed by atoms with Gasteiger partial charge in [0.2, 0.25) is 0 Å². The van der Waals surface area contributed by atoms with Crippen LogP contribution in [0.2, 0.25) is 0 Å². The summed E-state index contributed by atoms with van der Waals surface area (Å²) in [6.45, 7) is 4.83. The number of aliphatic hydroxyl groups is 1. The van der Waals surface area contributed by atoms with Gasteiger partial charge in [-0.05, 0) is 52.9 Å². The highest BCUT2D eigenvalue weighted by Crippen LogP contribution is 2.18. The summed E-state index contributed by atoms with van der Waals surface area (Å²) in [6.07, 6.45) is 1.68. The van der Waals surface area contributed by atoms with Gasteiger partial charge in [-0.1, -0.05) is 19.4 Å². The van der Waals surface area contributed by atoms with Gasteiger partial charge in [-0.3, -0.25) is 4.79 Å². The van der Waals surface area contributed by atoms with Crippen molar-refractivity contribution in [3.63, 3.8) is 0 Å². The zero-order valence-electron chi connectivity index (χ0n) is 10.9. The number of carbonyl (C=O) groups excluding carboxylic acids is 1. The van der Waals surface area contributed by atoms with E-state index in [0.29, 0.717) is 18.0 Å². The molecule has 0 heterocycles. The molecule has 3 nitrogen and oxygen atoms in total. The van der Waals surface area contributed by atoms with E-state index in [-0.39, 0.29) is 12.5 Å². The molecule has 0 bridgehead atoms. The van der Waals surface area contributed by atoms with Gasteiger partial charge in [0, 0.05) is 17.6 Å². The number of aryl methyl sites for hydroxylation is 1. The average molecular weight is 314 g/mol. The lowest BCUT2D eigenvalue weighted by atomic mass is 10.0. The minimum Gasteiger partial charge on any atom is -0.396 e. The van der Waals surface area contributed by atoms with Gasteiger partial charge in [0.05, 0.1) is 5.56 Å². The number of halogens is 1. The molecule has 1 aromatic carbocycles. The van der Waals surface area contributed by atoms with Crippen molar-refractivity contribution in [1.82, 2.24) is 5.32 Å². The van der Waals surface area contributed by atoms with E-state index in [1.54, 1.807) is 0 Å². The van der Waals surface area contributed by atoms with Crippen molar-refractivity contribution in [3.8, 4) is 0 Å². The number of benzene rings is 1. The Balaban J connectivity index is 2.59. The molecule has 0 radical (unpaired) electrons. The van der Waals surface area contributed by atoms with Gasteiger partial charge in [0.25, 0.3) is 5.91 Å². The molecule has 0 aromatic heterocycles. The molecule has 0 aliphatic heterocycles. The number of hydrogen-bond donors (Lipinski definition) is 2. The molecule has 1 atom stereocenters. The summed E-state index contributed by atoms with van der Waals surface area (Å²) in [4.78, 5) is 12.0. The normalized spacial score (nSPS) is 12.2. The van der Waals surface area contributed by atoms with E-state index in [4.69, 9.17) is 5.11 Å². The van der Waals surface area contributed by atoms with Gasteiger partial charge in [-0.15, -0.1) is 0 Å². The van der Waals surface area contributed by atoms with Gasteiger partial charge in [-0.2, -0.15) is 0 Å². The van der Waals surface area contributed by atoms with Crippen LogP contribution in [0.25, 0.3) is 0 Å². The quantitative estimate of drug-likeness (QED) is 0.848. The predicted octanol–water partition coefficient (Wildman–Crippen LogP) is 2.90. The minimum absolute atomic E-state index is 0.0711. The number of rotatable bonds is 6. The summed E-state index contributed by atoms with van der Waals surface area (Å²) < 4.78 is 0.815. The monoisotopic (exact) mass is 313 g/mol. The first-order valence-electron chi connectivity index (χ1n) is 6.23. The molecule has 0 spiro atoms. The van der Waals surface area contributed by atoms with Crippen LogP contribution in [0.15, 0.2) is 22.7 Å². The number of carbonyl (C=O) groups is 1. The number of aliphatic hydroxyl groups excluding tert-OH is 1. The second-order valence-corrected chi connectivity index (χ2v) is 5.33. The van der Waals surface area contributed by atoms with Crippen molar-refractivity contribution in [3.05, 3.63) is 33.8 Å². The van der Waals surface area contributed by atoms with Crippen LogP contribution in [0, 0.1) is 12.8 Å². The standard InChI is InChI=1S/C14H20BrNO2/c1-3-11(6-7-17)9-16-14(18)12-5-4-10(2)8-13(12)15/h4-5,8,11,17H,3,6-7,9H2,1-2H3,(H,16,18). The molecule has 0 aliphatic carbocycles. The molecule has 0 saturated carbocycles. The van der Waals surface area contributed by atoms with Crippen molar-refractivity contribution in [2.45, 2.75) is 26.7 Å². The Morgan fingerprint density at radius 1 is 1.50 bits per heavy atom. The van der Waals surface area contributed by atoms with Crippen molar-refractivity contribution in [2.24, 2.45) is 5.92 Å². The maximum absolute atomic E-state index is 12.0. The largest absolute Gasteiger partial charge is 0.396 e. The van der Waals surface area contributed by atoms with Gasteiger partial charge < -0.3 is 10.4 Å². The Morgan fingerprint density at radius 2 is 2.22 bits per heavy atom. The lowest BCUT2D eigenvalue weighted by Crippen LogP contribution is -2.29. The van der Waals surface area contributed by atoms with Crippen LogP contribution in [0.5, 0.6) is 0 Å². The molecule has 1 rings (SSSR count). The van der Waals surface area contributed by atoms with Gasteiger partial charge >= 0.3 is 0 Å². The SMILES string of the molecule is CCC(CCO)CNC(=O)c1ccc(C)cc1Br. The summed E-state index contributed by atoms with van der Waals surface area (Å²) in [5.74, 6) is 0.265. The van der Waals surface area contributed by atoms with E-state index in [9.17, 15) is 4.79 Å². The highest BCUT2D eigenvalue weighted by molar-refractivity contribution is 9.10. The van der Waals surface area contributed by atoms with Crippen LogP contribution in [0.1, 0.15) is 35.7 Å². The average Bonchev–Trinajstić information content (AvgIpc) is 2.34. The Bertz CT molecular complexity index is 407. The van der Waals surface area contributed by atoms with Crippen LogP contribution >= 0.6 is 15.9 Å². The predicted molar refractivity (Wildman–Crippen MR) is 76.7 cm³/mol. The van der Waals surface area contributed by atoms with Gasteiger partial charge in [0.15, 0.2) is 0 Å². The van der Waals surface area contributed by atoms with Crippen molar-refractivity contribution in [1.29, 1.82) is 0 Å². The molecular weight excluding hydrogens is 294 g/mol. The maximum atomic E-state index is 12.0. The summed E-state index contributed by atoms with van der Waals surface area (Å²) in [5, 5.41) is 11.8. The molecule has 4 heteroatoms. The lowest BCUT2D eigenvalue weighted by molar-refractivity contribution is 0.0943. The smallest absolute Gasteiger partial charge is 0.252 e. The van der Waals surface area contributed by atoms with Crippen molar-refractivity contribution >= 4 is 21.8 Å². The molecule has 0 fully saturated rings. The third-order valence-corrected chi connectivity index (χ3v) is 3.69. The number of amides is 1. The fraction of sp³-hybridized carbons (Fsp3) is 0.500. The second-order valence-electron chi connectivity index (χ2n) is 4.48. The minimum atomic E-state index is -0.0711. The zero-order chi connectivity index (χ0) is 13.5. The fourth-order valence-electron chi connectivity index (χ4n) is 1.77. The first-order valence-corrected chi connectivity index (χ1v) is 7.03. The van der Waals surface area contributed by atoms with E-state index in [2.05, 4.69) is 28.2 Å². The molecule has 0 aliphatic rings. The first-order chi connectivity index (χ1) is 8.58. The van der Waals surface area contributed by atoms with Gasteiger partial charge in [0.1, 0.15) is 0 Å². The zero-order valence-corrected chi connectivity index (χ0v) is 12.5. The Labute approximate surface area is 117 Å². The van der Waals surface area contributed by atoms with E-state index in [0.717, 1.165) is 22.9 Å². The van der Waals surface area contributed by atoms with Crippen LogP contribution in [0.4, 0.5) is 0 Å². The van der Waals surface area contributed by atoms with Crippen LogP contribution in [-0.4, -0.2) is 24.2 Å². The summed E-state index contributed by atoms with van der Waals surface area (Å²) in [7, 11) is 0. The Hall–Kier alpha value is -0.870. The number of nitrogens with one attached hydrogen (secondary N) is 1. The molecular formula is C14H20BrNO2. The molecule has 100 valence electrons. The summed E-state index contributed by atoms with van der Waals surface area (Å²) in [5.41, 5.74) is 1.77. The van der Waals surface area contributed by atoms with E-state index in [1.165, 1.54) is 0 Å². The van der Waals surface area contributed by atoms with Crippen LogP contribution < -0.4 is 5.32 Å². The fourth-order valence-corrected chi connectivity index (χ4v) is 2.44. The highest BCUT2D eigenvalue weighted by atomic mass is 79.9. The van der Waals surface area contributed by atoms with Gasteiger partial charge in [-0.25, -0.2) is 0 Å². The third kappa shape index (κ3) is 4.42. The van der Waals surface area contributed by atoms with E-state index < -0.39 is 0 Å². The molecule has 0 saturated heterocycles. The summed E-state index contributed by atoms with van der Waals surface area (Å²) >= 11 is 3.40. The third-order valence-electron chi connectivity index (χ3n) is 3.04. The Kier molecular flexibility index (Phi) is 6.36. The molecule has 1 amide bonds. The van der Waals surface area contributed by atoms with Crippen LogP contribution in [-0.2, 0) is 0 Å². The molecule has 2 N–H and O–H groups in total. The topological polar surface area (TPSA) is 49.3 Å². The van der Waals surface area contributed by atoms with Crippen LogP contribution in [0.3, 0.4) is 0 Å². The summed E-state index contributed by atoms with van der Waals surface area (Å²) in [6, 6.07) is 5.67. The van der Waals surface area contributed by atoms with E-state index in [1.807, 2.05) is 25.1 Å². The second kappa shape index (κ2) is 7.54.